The number of hydrogen-bond acceptors (Lipinski definition) is 2. The molecule has 3 unspecified atom stereocenters. The maximum absolute atomic E-state index is 4.91. The van der Waals surface area contributed by atoms with E-state index in [4.69, 9.17) is 5.10 Å². The second-order valence-electron chi connectivity index (χ2n) is 7.36. The van der Waals surface area contributed by atoms with Crippen LogP contribution in [0, 0.1) is 11.8 Å². The van der Waals surface area contributed by atoms with Gasteiger partial charge >= 0.3 is 0 Å². The van der Waals surface area contributed by atoms with Crippen molar-refractivity contribution in [2.45, 2.75) is 76.8 Å². The van der Waals surface area contributed by atoms with Gasteiger partial charge in [-0.2, -0.15) is 5.10 Å². The third kappa shape index (κ3) is 3.68. The summed E-state index contributed by atoms with van der Waals surface area (Å²) >= 11 is 0. The molecule has 0 spiro atoms. The molecule has 3 rings (SSSR count). The Balaban J connectivity index is 1.62. The van der Waals surface area contributed by atoms with Gasteiger partial charge in [-0.15, -0.1) is 0 Å². The molecule has 1 N–H and O–H groups in total. The van der Waals surface area contributed by atoms with Gasteiger partial charge in [-0.05, 0) is 63.5 Å². The second kappa shape index (κ2) is 6.95. The number of hydrogen-bond donors (Lipinski definition) is 1. The van der Waals surface area contributed by atoms with Crippen molar-refractivity contribution in [1.82, 2.24) is 15.1 Å². The summed E-state index contributed by atoms with van der Waals surface area (Å²) in [7, 11) is 2.12. The monoisotopic (exact) mass is 289 g/mol. The first kappa shape index (κ1) is 15.1. The minimum atomic E-state index is 0.665. The third-order valence-electron chi connectivity index (χ3n) is 5.70. The molecule has 0 aliphatic heterocycles. The Kier molecular flexibility index (Phi) is 4.99. The average Bonchev–Trinajstić information content (AvgIpc) is 2.97. The molecule has 2 aliphatic carbocycles. The summed E-state index contributed by atoms with van der Waals surface area (Å²) in [6.45, 7) is 2.40. The van der Waals surface area contributed by atoms with Gasteiger partial charge in [0.1, 0.15) is 0 Å². The summed E-state index contributed by atoms with van der Waals surface area (Å²) in [6, 6.07) is 3.61. The molecule has 1 aromatic heterocycles. The molecule has 1 aromatic rings. The van der Waals surface area contributed by atoms with E-state index in [1.165, 1.54) is 57.1 Å². The molecule has 2 saturated carbocycles. The fourth-order valence-corrected chi connectivity index (χ4v) is 4.41. The molecule has 1 heterocycles. The zero-order chi connectivity index (χ0) is 14.7. The first-order valence-corrected chi connectivity index (χ1v) is 8.97. The fourth-order valence-electron chi connectivity index (χ4n) is 4.41. The van der Waals surface area contributed by atoms with Crippen LogP contribution in [0.25, 0.3) is 0 Å². The van der Waals surface area contributed by atoms with E-state index in [9.17, 15) is 0 Å². The first-order valence-electron chi connectivity index (χ1n) is 8.97. The van der Waals surface area contributed by atoms with Crippen LogP contribution in [0.3, 0.4) is 0 Å². The van der Waals surface area contributed by atoms with E-state index >= 15 is 0 Å². The lowest BCUT2D eigenvalue weighted by molar-refractivity contribution is 0.218. The standard InChI is InChI=1S/C18H31N3/c1-14-8-9-18(19-2)15(12-14)13-16-10-11-21(20-16)17-6-4-3-5-7-17/h10-11,14-15,17-19H,3-9,12-13H2,1-2H3. The van der Waals surface area contributed by atoms with Crippen LogP contribution in [0.5, 0.6) is 0 Å². The van der Waals surface area contributed by atoms with Crippen molar-refractivity contribution in [3.63, 3.8) is 0 Å². The van der Waals surface area contributed by atoms with Crippen LogP contribution in [-0.2, 0) is 6.42 Å². The predicted molar refractivity (Wildman–Crippen MR) is 87.4 cm³/mol. The van der Waals surface area contributed by atoms with Crippen molar-refractivity contribution in [1.29, 1.82) is 0 Å². The molecule has 3 atom stereocenters. The maximum Gasteiger partial charge on any atom is 0.0628 e. The van der Waals surface area contributed by atoms with Crippen molar-refractivity contribution >= 4 is 0 Å². The molecule has 3 heteroatoms. The highest BCUT2D eigenvalue weighted by molar-refractivity contribution is 5.03. The molecule has 0 radical (unpaired) electrons. The van der Waals surface area contributed by atoms with Crippen LogP contribution >= 0.6 is 0 Å². The third-order valence-corrected chi connectivity index (χ3v) is 5.70. The SMILES string of the molecule is CNC1CCC(C)CC1Cc1ccn(C2CCCCC2)n1. The van der Waals surface area contributed by atoms with E-state index in [1.807, 2.05) is 0 Å². The van der Waals surface area contributed by atoms with Crippen LogP contribution in [0.1, 0.15) is 70.0 Å². The van der Waals surface area contributed by atoms with Gasteiger partial charge in [0.2, 0.25) is 0 Å². The summed E-state index contributed by atoms with van der Waals surface area (Å²) in [5, 5.41) is 8.44. The first-order chi connectivity index (χ1) is 10.3. The second-order valence-corrected chi connectivity index (χ2v) is 7.36. The van der Waals surface area contributed by atoms with Crippen LogP contribution in [0.2, 0.25) is 0 Å². The Morgan fingerprint density at radius 2 is 2.00 bits per heavy atom. The zero-order valence-electron chi connectivity index (χ0n) is 13.7. The highest BCUT2D eigenvalue weighted by Crippen LogP contribution is 2.32. The maximum atomic E-state index is 4.91. The summed E-state index contributed by atoms with van der Waals surface area (Å²) in [5.74, 6) is 1.63. The van der Waals surface area contributed by atoms with E-state index in [-0.39, 0.29) is 0 Å². The van der Waals surface area contributed by atoms with Crippen LogP contribution in [0.15, 0.2) is 12.3 Å². The quantitative estimate of drug-likeness (QED) is 0.909. The van der Waals surface area contributed by atoms with E-state index in [0.717, 1.165) is 18.3 Å². The average molecular weight is 289 g/mol. The van der Waals surface area contributed by atoms with Crippen molar-refractivity contribution in [2.75, 3.05) is 7.05 Å². The number of aromatic nitrogens is 2. The number of rotatable bonds is 4. The normalized spacial score (nSPS) is 31.4. The molecule has 118 valence electrons. The highest BCUT2D eigenvalue weighted by atomic mass is 15.3. The van der Waals surface area contributed by atoms with Crippen LogP contribution in [0.4, 0.5) is 0 Å². The van der Waals surface area contributed by atoms with Gasteiger partial charge < -0.3 is 5.32 Å². The minimum Gasteiger partial charge on any atom is -0.317 e. The molecule has 2 aliphatic rings. The van der Waals surface area contributed by atoms with Gasteiger partial charge in [0, 0.05) is 12.2 Å². The van der Waals surface area contributed by atoms with E-state index in [1.54, 1.807) is 0 Å². The Labute approximate surface area is 129 Å². The largest absolute Gasteiger partial charge is 0.317 e. The van der Waals surface area contributed by atoms with Gasteiger partial charge in [-0.3, -0.25) is 4.68 Å². The lowest BCUT2D eigenvalue weighted by Crippen LogP contribution is -2.39. The van der Waals surface area contributed by atoms with Crippen LogP contribution in [-0.4, -0.2) is 22.9 Å². The van der Waals surface area contributed by atoms with Crippen molar-refractivity contribution in [2.24, 2.45) is 11.8 Å². The lowest BCUT2D eigenvalue weighted by atomic mass is 9.77. The lowest BCUT2D eigenvalue weighted by Gasteiger charge is -2.34. The molecular formula is C18H31N3. The van der Waals surface area contributed by atoms with E-state index in [2.05, 4.69) is 36.2 Å². The molecular weight excluding hydrogens is 258 g/mol. The molecule has 0 amide bonds. The van der Waals surface area contributed by atoms with Crippen molar-refractivity contribution in [3.05, 3.63) is 18.0 Å². The van der Waals surface area contributed by atoms with Crippen molar-refractivity contribution < 1.29 is 0 Å². The minimum absolute atomic E-state index is 0.665. The molecule has 2 fully saturated rings. The van der Waals surface area contributed by atoms with Crippen molar-refractivity contribution in [3.8, 4) is 0 Å². The predicted octanol–water partition coefficient (Wildman–Crippen LogP) is 3.96. The van der Waals surface area contributed by atoms with Gasteiger partial charge in [0.15, 0.2) is 0 Å². The fraction of sp³-hybridized carbons (Fsp3) is 0.833. The Hall–Kier alpha value is -0.830. The summed E-state index contributed by atoms with van der Waals surface area (Å²) in [6.07, 6.45) is 14.2. The summed E-state index contributed by atoms with van der Waals surface area (Å²) in [5.41, 5.74) is 1.31. The Bertz CT molecular complexity index is 433. The molecule has 0 bridgehead atoms. The van der Waals surface area contributed by atoms with Gasteiger partial charge in [-0.1, -0.05) is 26.2 Å². The summed E-state index contributed by atoms with van der Waals surface area (Å²) < 4.78 is 2.26. The summed E-state index contributed by atoms with van der Waals surface area (Å²) in [4.78, 5) is 0. The zero-order valence-corrected chi connectivity index (χ0v) is 13.7. The van der Waals surface area contributed by atoms with E-state index in [0.29, 0.717) is 12.1 Å². The number of nitrogens with one attached hydrogen (secondary N) is 1. The highest BCUT2D eigenvalue weighted by Gasteiger charge is 2.28. The molecule has 0 aromatic carbocycles. The molecule has 21 heavy (non-hydrogen) atoms. The van der Waals surface area contributed by atoms with Gasteiger partial charge in [-0.25, -0.2) is 0 Å². The topological polar surface area (TPSA) is 29.9 Å². The molecule has 0 saturated heterocycles. The van der Waals surface area contributed by atoms with E-state index < -0.39 is 0 Å². The molecule has 3 nitrogen and oxygen atoms in total. The Morgan fingerprint density at radius 3 is 2.76 bits per heavy atom. The van der Waals surface area contributed by atoms with Gasteiger partial charge in [0.05, 0.1) is 11.7 Å². The van der Waals surface area contributed by atoms with Crippen LogP contribution < -0.4 is 5.32 Å². The smallest absolute Gasteiger partial charge is 0.0628 e. The Morgan fingerprint density at radius 1 is 1.19 bits per heavy atom. The van der Waals surface area contributed by atoms with Gasteiger partial charge in [0.25, 0.3) is 0 Å². The number of nitrogens with zero attached hydrogens (tertiary/aromatic N) is 2.